The Morgan fingerprint density at radius 2 is 1.75 bits per heavy atom. The van der Waals surface area contributed by atoms with Gasteiger partial charge in [0.05, 0.1) is 23.2 Å². The molecule has 10 nitrogen and oxygen atoms in total. The van der Waals surface area contributed by atoms with Gasteiger partial charge in [0.15, 0.2) is 6.10 Å². The summed E-state index contributed by atoms with van der Waals surface area (Å²) in [5.74, 6) is -1.60. The number of carboxylic acid groups (broad SMARTS) is 1. The van der Waals surface area contributed by atoms with Gasteiger partial charge >= 0.3 is 11.9 Å². The molecule has 280 valence electrons. The summed E-state index contributed by atoms with van der Waals surface area (Å²) >= 11 is 7.94. The molecule has 1 saturated carbocycles. The first-order valence-electron chi connectivity index (χ1n) is 17.6. The van der Waals surface area contributed by atoms with Crippen molar-refractivity contribution >= 4 is 58.4 Å². The Hall–Kier alpha value is -3.81. The van der Waals surface area contributed by atoms with Crippen molar-refractivity contribution in [2.24, 2.45) is 5.41 Å². The molecule has 53 heavy (non-hydrogen) atoms. The number of thioether (sulfide) groups is 1. The van der Waals surface area contributed by atoms with E-state index in [0.29, 0.717) is 17.2 Å². The highest BCUT2D eigenvalue weighted by Crippen LogP contribution is 2.53. The Morgan fingerprint density at radius 1 is 1.00 bits per heavy atom. The quantitative estimate of drug-likeness (QED) is 0.0916. The number of rotatable bonds is 14. The van der Waals surface area contributed by atoms with Gasteiger partial charge < -0.3 is 35.0 Å². The number of halogens is 1. The Kier molecular flexibility index (Phi) is 11.9. The molecule has 1 saturated heterocycles. The summed E-state index contributed by atoms with van der Waals surface area (Å²) in [6.45, 7) is 3.57. The first kappa shape index (κ1) is 38.9. The third-order valence-corrected chi connectivity index (χ3v) is 11.8. The third-order valence-electron chi connectivity index (χ3n) is 9.88. The second kappa shape index (κ2) is 16.3. The minimum atomic E-state index is -1.88. The zero-order valence-electron chi connectivity index (χ0n) is 29.5. The van der Waals surface area contributed by atoms with Crippen molar-refractivity contribution in [1.29, 1.82) is 0 Å². The molecule has 2 fully saturated rings. The summed E-state index contributed by atoms with van der Waals surface area (Å²) in [4.78, 5) is 29.3. The van der Waals surface area contributed by atoms with Crippen LogP contribution in [0.2, 0.25) is 5.02 Å². The van der Waals surface area contributed by atoms with Gasteiger partial charge in [-0.1, -0.05) is 78.3 Å². The highest BCUT2D eigenvalue weighted by atomic mass is 35.5. The van der Waals surface area contributed by atoms with Crippen LogP contribution in [0.25, 0.3) is 23.1 Å². The summed E-state index contributed by atoms with van der Waals surface area (Å²) < 4.78 is 10.5. The van der Waals surface area contributed by atoms with E-state index < -0.39 is 48.2 Å². The van der Waals surface area contributed by atoms with Crippen molar-refractivity contribution < 1.29 is 44.6 Å². The molecular formula is C41H44ClNO9S. The van der Waals surface area contributed by atoms with Crippen molar-refractivity contribution in [2.75, 3.05) is 5.75 Å². The van der Waals surface area contributed by atoms with Gasteiger partial charge in [-0.15, -0.1) is 0 Å². The molecule has 1 aliphatic heterocycles. The number of carbonyl (C=O) groups is 2. The number of hydrogen-bond donors (Lipinski definition) is 5. The average Bonchev–Trinajstić information content (AvgIpc) is 3.89. The average molecular weight is 762 g/mol. The number of pyridine rings is 1. The van der Waals surface area contributed by atoms with Gasteiger partial charge in [-0.05, 0) is 91.5 Å². The number of carbonyl (C=O) groups excluding carboxylic acids is 1. The summed E-state index contributed by atoms with van der Waals surface area (Å²) in [5.41, 5.74) is 4.30. The molecule has 1 aromatic heterocycles. The van der Waals surface area contributed by atoms with Gasteiger partial charge in [-0.3, -0.25) is 4.79 Å². The number of aliphatic carboxylic acids is 1. The highest BCUT2D eigenvalue weighted by molar-refractivity contribution is 7.99. The number of benzene rings is 3. The van der Waals surface area contributed by atoms with Crippen LogP contribution in [0.5, 0.6) is 0 Å². The lowest BCUT2D eigenvalue weighted by molar-refractivity contribution is -0.286. The Balaban J connectivity index is 1.18. The molecule has 0 bridgehead atoms. The number of aromatic nitrogens is 1. The van der Waals surface area contributed by atoms with E-state index in [-0.39, 0.29) is 17.1 Å². The van der Waals surface area contributed by atoms with E-state index in [4.69, 9.17) is 26.1 Å². The number of hydrogen-bond acceptors (Lipinski definition) is 10. The van der Waals surface area contributed by atoms with Crippen LogP contribution in [-0.4, -0.2) is 78.9 Å². The number of aliphatic hydroxyl groups is 4. The first-order chi connectivity index (χ1) is 25.2. The summed E-state index contributed by atoms with van der Waals surface area (Å²) in [5, 5.41) is 52.3. The number of ether oxygens (including phenoxy) is 2. The maximum Gasteiger partial charge on any atom is 0.335 e. The molecule has 4 aromatic rings. The van der Waals surface area contributed by atoms with E-state index in [1.54, 1.807) is 25.6 Å². The van der Waals surface area contributed by atoms with Gasteiger partial charge in [0.25, 0.3) is 0 Å². The summed E-state index contributed by atoms with van der Waals surface area (Å²) in [7, 11) is 0. The maximum absolute atomic E-state index is 13.1. The number of esters is 1. The van der Waals surface area contributed by atoms with Crippen LogP contribution in [0.3, 0.4) is 0 Å². The van der Waals surface area contributed by atoms with Crippen molar-refractivity contribution in [3.63, 3.8) is 0 Å². The van der Waals surface area contributed by atoms with Gasteiger partial charge in [0.2, 0.25) is 6.29 Å². The molecule has 3 aromatic carbocycles. The van der Waals surface area contributed by atoms with Crippen LogP contribution in [0, 0.1) is 5.41 Å². The van der Waals surface area contributed by atoms with E-state index in [1.165, 1.54) is 0 Å². The molecule has 1 aliphatic carbocycles. The fourth-order valence-corrected chi connectivity index (χ4v) is 8.40. The van der Waals surface area contributed by atoms with Crippen molar-refractivity contribution in [1.82, 2.24) is 4.98 Å². The first-order valence-corrected chi connectivity index (χ1v) is 19.0. The summed E-state index contributed by atoms with van der Waals surface area (Å²) in [6.07, 6.45) is -2.07. The number of aryl methyl sites for hydroxylation is 1. The van der Waals surface area contributed by atoms with E-state index in [1.807, 2.05) is 78.9 Å². The molecule has 5 N–H and O–H groups in total. The van der Waals surface area contributed by atoms with Crippen molar-refractivity contribution in [3.05, 3.63) is 112 Å². The van der Waals surface area contributed by atoms with Crippen LogP contribution in [0.15, 0.2) is 78.9 Å². The van der Waals surface area contributed by atoms with E-state index in [9.17, 15) is 35.1 Å². The van der Waals surface area contributed by atoms with Crippen LogP contribution >= 0.6 is 23.4 Å². The molecule has 2 heterocycles. The number of fused-ring (bicyclic) bond motifs is 1. The molecule has 0 spiro atoms. The van der Waals surface area contributed by atoms with Gasteiger partial charge in [0.1, 0.15) is 18.3 Å². The number of nitrogens with zero attached hydrogens (tertiary/aromatic N) is 1. The normalized spacial score (nSPS) is 23.2. The molecule has 0 unspecified atom stereocenters. The molecule has 0 radical (unpaired) electrons. The zero-order chi connectivity index (χ0) is 37.9. The van der Waals surface area contributed by atoms with Gasteiger partial charge in [-0.2, -0.15) is 11.8 Å². The zero-order valence-corrected chi connectivity index (χ0v) is 31.0. The molecule has 0 amide bonds. The smallest absolute Gasteiger partial charge is 0.335 e. The second-order valence-corrected chi connectivity index (χ2v) is 16.2. The predicted molar refractivity (Wildman–Crippen MR) is 204 cm³/mol. The van der Waals surface area contributed by atoms with Crippen molar-refractivity contribution in [2.45, 2.75) is 87.5 Å². The second-order valence-electron chi connectivity index (χ2n) is 14.5. The van der Waals surface area contributed by atoms with Crippen molar-refractivity contribution in [3.8, 4) is 0 Å². The summed E-state index contributed by atoms with van der Waals surface area (Å²) in [6, 6.07) is 25.8. The Labute approximate surface area is 317 Å². The lowest BCUT2D eigenvalue weighted by Gasteiger charge is -2.38. The van der Waals surface area contributed by atoms with Crippen LogP contribution in [0.1, 0.15) is 72.7 Å². The predicted octanol–water partition coefficient (Wildman–Crippen LogP) is 6.30. The highest BCUT2D eigenvalue weighted by Gasteiger charge is 2.50. The molecule has 12 heteroatoms. The van der Waals surface area contributed by atoms with E-state index >= 15 is 0 Å². The third kappa shape index (κ3) is 9.66. The van der Waals surface area contributed by atoms with Crippen LogP contribution < -0.4 is 0 Å². The minimum absolute atomic E-state index is 0.0178. The topological polar surface area (TPSA) is 167 Å². The van der Waals surface area contributed by atoms with Gasteiger partial charge in [-0.25, -0.2) is 9.78 Å². The maximum atomic E-state index is 13.1. The molecular weight excluding hydrogens is 718 g/mol. The number of aliphatic hydroxyl groups excluding tert-OH is 3. The minimum Gasteiger partial charge on any atom is -0.479 e. The van der Waals surface area contributed by atoms with Crippen LogP contribution in [0.4, 0.5) is 0 Å². The molecule has 6 atom stereocenters. The Bertz CT molecular complexity index is 1980. The lowest BCUT2D eigenvalue weighted by atomic mass is 9.90. The largest absolute Gasteiger partial charge is 0.479 e. The van der Waals surface area contributed by atoms with E-state index in [0.717, 1.165) is 58.1 Å². The van der Waals surface area contributed by atoms with E-state index in [2.05, 4.69) is 12.1 Å². The Morgan fingerprint density at radius 3 is 2.49 bits per heavy atom. The fraction of sp³-hybridized carbons (Fsp3) is 0.390. The lowest BCUT2D eigenvalue weighted by Crippen LogP contribution is -2.60. The number of carboxylic acids is 1. The fourth-order valence-electron chi connectivity index (χ4n) is 6.66. The monoisotopic (exact) mass is 761 g/mol. The van der Waals surface area contributed by atoms with Crippen LogP contribution in [-0.2, 0) is 31.1 Å². The molecule has 2 aliphatic rings. The van der Waals surface area contributed by atoms with Gasteiger partial charge in [0, 0.05) is 21.4 Å². The SMILES string of the molecule is CC(C)(O)c1ccccc1CC[C@@H](SCC1(CC(=O)O[C@@H]2O[C@H](C(=O)O)[C@@H](O)[C@H](O)[C@@H]2O)CC1)c1cccc(C=Cc2ccc3ccc(Cl)cc3n2)c1. The molecule has 6 rings (SSSR count). The standard InChI is InChI=1S/C41H44ClNO9S/c1-40(2,50)30-9-4-3-7-25(30)13-17-32(27-8-5-6-24(20-27)10-15-29-16-12-26-11-14-28(42)21-31(26)43-29)53-23-41(18-19-41)22-33(44)51-39-36(47)34(45)35(46)37(52-39)38(48)49/h3-12,14-16,20-21,32,34-37,39,45-47,50H,13,17-19,22-23H2,1-2H3,(H,48,49)/t32-,34+,35+,36+,37+,39-/m1/s1.